The summed E-state index contributed by atoms with van der Waals surface area (Å²) in [6.07, 6.45) is 11.4. The first-order valence-corrected chi connectivity index (χ1v) is 10.7. The Balaban J connectivity index is 0.000000472. The Morgan fingerprint density at radius 3 is 1.68 bits per heavy atom. The first-order chi connectivity index (χ1) is 15.0. The van der Waals surface area contributed by atoms with Gasteiger partial charge in [0.2, 0.25) is 0 Å². The van der Waals surface area contributed by atoms with Crippen LogP contribution in [0, 0.1) is 0 Å². The summed E-state index contributed by atoms with van der Waals surface area (Å²) in [6, 6.07) is 16.8. The molecule has 0 aromatic heterocycles. The van der Waals surface area contributed by atoms with Crippen LogP contribution in [0.2, 0.25) is 0 Å². The molecule has 0 saturated carbocycles. The zero-order chi connectivity index (χ0) is 23.3. The van der Waals surface area contributed by atoms with Crippen molar-refractivity contribution < 1.29 is 14.3 Å². The summed E-state index contributed by atoms with van der Waals surface area (Å²) in [5.74, 6) is -0.394. The third kappa shape index (κ3) is 14.7. The first kappa shape index (κ1) is 28.1. The van der Waals surface area contributed by atoms with Gasteiger partial charge in [-0.3, -0.25) is 0 Å². The predicted molar refractivity (Wildman–Crippen MR) is 134 cm³/mol. The van der Waals surface area contributed by atoms with Crippen molar-refractivity contribution >= 4 is 18.1 Å². The Labute approximate surface area is 189 Å². The number of benzene rings is 2. The molecule has 0 fully saturated rings. The number of hydrogen-bond donors (Lipinski definition) is 0. The van der Waals surface area contributed by atoms with Crippen molar-refractivity contribution in [3.63, 3.8) is 0 Å². The second-order valence-corrected chi connectivity index (χ2v) is 6.86. The SMILES string of the molecule is C=CC(=O)OC.C=Cc1ccc(CCCCCC)cc1.C=Cc1ccc(COC)cc1. The molecule has 0 aliphatic heterocycles. The van der Waals surface area contributed by atoms with Crippen LogP contribution in [-0.4, -0.2) is 20.2 Å². The number of esters is 1. The minimum Gasteiger partial charge on any atom is -0.466 e. The van der Waals surface area contributed by atoms with Crippen molar-refractivity contribution in [3.05, 3.63) is 96.6 Å². The normalized spacial score (nSPS) is 9.26. The van der Waals surface area contributed by atoms with Gasteiger partial charge in [-0.15, -0.1) is 0 Å². The summed E-state index contributed by atoms with van der Waals surface area (Å²) in [5.41, 5.74) is 5.00. The maximum atomic E-state index is 9.84. The van der Waals surface area contributed by atoms with E-state index in [-0.39, 0.29) is 0 Å². The van der Waals surface area contributed by atoms with Crippen LogP contribution < -0.4 is 0 Å². The highest BCUT2D eigenvalue weighted by molar-refractivity contribution is 5.80. The van der Waals surface area contributed by atoms with Crippen molar-refractivity contribution in [1.82, 2.24) is 0 Å². The Bertz CT molecular complexity index is 743. The molecule has 0 unspecified atom stereocenters. The van der Waals surface area contributed by atoms with Gasteiger partial charge < -0.3 is 9.47 Å². The number of carbonyl (C=O) groups is 1. The highest BCUT2D eigenvalue weighted by atomic mass is 16.5. The Hall–Kier alpha value is -2.91. The van der Waals surface area contributed by atoms with Gasteiger partial charge in [-0.25, -0.2) is 4.79 Å². The molecule has 0 spiro atoms. The van der Waals surface area contributed by atoms with Gasteiger partial charge in [0.1, 0.15) is 0 Å². The largest absolute Gasteiger partial charge is 0.466 e. The van der Waals surface area contributed by atoms with E-state index in [0.717, 1.165) is 11.6 Å². The molecule has 31 heavy (non-hydrogen) atoms. The Morgan fingerprint density at radius 2 is 1.32 bits per heavy atom. The molecule has 0 aliphatic carbocycles. The molecule has 0 heterocycles. The second-order valence-electron chi connectivity index (χ2n) is 6.86. The lowest BCUT2D eigenvalue weighted by Crippen LogP contribution is -1.91. The van der Waals surface area contributed by atoms with E-state index in [2.05, 4.69) is 55.7 Å². The molecule has 0 radical (unpaired) electrons. The van der Waals surface area contributed by atoms with Crippen LogP contribution in [-0.2, 0) is 27.3 Å². The third-order valence-corrected chi connectivity index (χ3v) is 4.43. The summed E-state index contributed by atoms with van der Waals surface area (Å²) in [5, 5.41) is 0. The van der Waals surface area contributed by atoms with E-state index in [1.165, 1.54) is 55.9 Å². The maximum Gasteiger partial charge on any atom is 0.329 e. The summed E-state index contributed by atoms with van der Waals surface area (Å²) in [4.78, 5) is 9.84. The molecule has 2 aromatic rings. The molecule has 168 valence electrons. The fourth-order valence-electron chi connectivity index (χ4n) is 2.58. The van der Waals surface area contributed by atoms with E-state index in [0.29, 0.717) is 6.61 Å². The van der Waals surface area contributed by atoms with Crippen LogP contribution in [0.1, 0.15) is 54.9 Å². The van der Waals surface area contributed by atoms with Crippen molar-refractivity contribution in [3.8, 4) is 0 Å². The highest BCUT2D eigenvalue weighted by Crippen LogP contribution is 2.10. The molecule has 2 aromatic carbocycles. The van der Waals surface area contributed by atoms with Crippen molar-refractivity contribution in [2.45, 2.75) is 45.6 Å². The van der Waals surface area contributed by atoms with E-state index in [9.17, 15) is 4.79 Å². The quantitative estimate of drug-likeness (QED) is 0.229. The fourth-order valence-corrected chi connectivity index (χ4v) is 2.58. The molecule has 0 saturated heterocycles. The van der Waals surface area contributed by atoms with Crippen LogP contribution in [0.15, 0.2) is 74.3 Å². The molecule has 0 bridgehead atoms. The highest BCUT2D eigenvalue weighted by Gasteiger charge is 1.93. The van der Waals surface area contributed by atoms with Gasteiger partial charge in [-0.1, -0.05) is 107 Å². The van der Waals surface area contributed by atoms with Crippen molar-refractivity contribution in [2.75, 3.05) is 14.2 Å². The second kappa shape index (κ2) is 19.1. The Morgan fingerprint density at radius 1 is 0.806 bits per heavy atom. The van der Waals surface area contributed by atoms with Crippen LogP contribution >= 0.6 is 0 Å². The average Bonchev–Trinajstić information content (AvgIpc) is 2.83. The zero-order valence-corrected chi connectivity index (χ0v) is 19.4. The van der Waals surface area contributed by atoms with Gasteiger partial charge in [0.15, 0.2) is 0 Å². The molecule has 2 rings (SSSR count). The summed E-state index contributed by atoms with van der Waals surface area (Å²) >= 11 is 0. The molecular formula is C28H38O3. The molecule has 0 aliphatic rings. The average molecular weight is 423 g/mol. The van der Waals surface area contributed by atoms with Crippen molar-refractivity contribution in [1.29, 1.82) is 0 Å². The van der Waals surface area contributed by atoms with Crippen LogP contribution in [0.5, 0.6) is 0 Å². The topological polar surface area (TPSA) is 35.5 Å². The Kier molecular flexibility index (Phi) is 17.3. The summed E-state index contributed by atoms with van der Waals surface area (Å²) < 4.78 is 9.12. The molecule has 3 heteroatoms. The van der Waals surface area contributed by atoms with Crippen LogP contribution in [0.4, 0.5) is 0 Å². The van der Waals surface area contributed by atoms with Gasteiger partial charge in [0.05, 0.1) is 13.7 Å². The van der Waals surface area contributed by atoms with E-state index in [1.807, 2.05) is 36.4 Å². The lowest BCUT2D eigenvalue weighted by atomic mass is 10.0. The maximum absolute atomic E-state index is 9.84. The van der Waals surface area contributed by atoms with Crippen LogP contribution in [0.25, 0.3) is 12.2 Å². The van der Waals surface area contributed by atoms with E-state index >= 15 is 0 Å². The lowest BCUT2D eigenvalue weighted by molar-refractivity contribution is -0.134. The molecular weight excluding hydrogens is 384 g/mol. The molecule has 3 nitrogen and oxygen atoms in total. The minimum absolute atomic E-state index is 0.394. The first-order valence-electron chi connectivity index (χ1n) is 10.7. The van der Waals surface area contributed by atoms with Crippen LogP contribution in [0.3, 0.4) is 0 Å². The van der Waals surface area contributed by atoms with Gasteiger partial charge >= 0.3 is 5.97 Å². The smallest absolute Gasteiger partial charge is 0.329 e. The number of hydrogen-bond acceptors (Lipinski definition) is 3. The van der Waals surface area contributed by atoms with Gasteiger partial charge in [-0.05, 0) is 35.1 Å². The number of aryl methyl sites for hydroxylation is 1. The predicted octanol–water partition coefficient (Wildman–Crippen LogP) is 7.27. The van der Waals surface area contributed by atoms with Gasteiger partial charge in [0.25, 0.3) is 0 Å². The fraction of sp³-hybridized carbons (Fsp3) is 0.321. The zero-order valence-electron chi connectivity index (χ0n) is 19.4. The van der Waals surface area contributed by atoms with E-state index in [4.69, 9.17) is 4.74 Å². The molecule has 0 amide bonds. The van der Waals surface area contributed by atoms with E-state index < -0.39 is 5.97 Å². The lowest BCUT2D eigenvalue weighted by Gasteiger charge is -2.01. The number of rotatable bonds is 10. The minimum atomic E-state index is -0.394. The number of ether oxygens (including phenoxy) is 2. The van der Waals surface area contributed by atoms with Gasteiger partial charge in [0, 0.05) is 13.2 Å². The van der Waals surface area contributed by atoms with Gasteiger partial charge in [-0.2, -0.15) is 0 Å². The molecule has 0 atom stereocenters. The van der Waals surface area contributed by atoms with E-state index in [1.54, 1.807) is 7.11 Å². The monoisotopic (exact) mass is 422 g/mol. The molecule has 0 N–H and O–H groups in total. The van der Waals surface area contributed by atoms with Crippen molar-refractivity contribution in [2.24, 2.45) is 0 Å². The number of carbonyl (C=O) groups excluding carboxylic acids is 1. The summed E-state index contributed by atoms with van der Waals surface area (Å²) in [6.45, 7) is 13.5. The summed E-state index contributed by atoms with van der Waals surface area (Å²) in [7, 11) is 3.01. The third-order valence-electron chi connectivity index (χ3n) is 4.43. The number of methoxy groups -OCH3 is 2. The standard InChI is InChI=1S/C14H20.C10H12O.C4H6O2/c1-3-5-6-7-8-14-11-9-13(4-2)10-12-14;1-3-9-4-6-10(7-5-9)8-11-2;1-3-4(5)6-2/h4,9-12H,2-3,5-8H2,1H3;3-7H,1,8H2,2H3;3H,1H2,2H3. The number of unbranched alkanes of at least 4 members (excludes halogenated alkanes) is 3.